The molecule has 0 saturated heterocycles. The van der Waals surface area contributed by atoms with Gasteiger partial charge in [0.2, 0.25) is 0 Å². The summed E-state index contributed by atoms with van der Waals surface area (Å²) in [4.78, 5) is 42.6. The van der Waals surface area contributed by atoms with E-state index < -0.39 is 12.1 Å². The summed E-state index contributed by atoms with van der Waals surface area (Å²) in [7, 11) is 0. The van der Waals surface area contributed by atoms with Gasteiger partial charge in [-0.05, 0) is 103 Å². The van der Waals surface area contributed by atoms with E-state index in [2.05, 4.69) is 80.3 Å². The zero-order valence-electron chi connectivity index (χ0n) is 42.9. The molecule has 0 aliphatic carbocycles. The number of hydrogen-bond acceptors (Lipinski definition) is 8. The fourth-order valence-corrected chi connectivity index (χ4v) is 7.25. The normalized spacial score (nSPS) is 12.9. The zero-order valence-corrected chi connectivity index (χ0v) is 42.9. The molecule has 0 radical (unpaired) electrons. The second-order valence-electron chi connectivity index (χ2n) is 17.8. The van der Waals surface area contributed by atoms with Gasteiger partial charge in [0.1, 0.15) is 13.2 Å². The van der Waals surface area contributed by atoms with Crippen molar-refractivity contribution in [1.82, 2.24) is 0 Å². The van der Waals surface area contributed by atoms with Gasteiger partial charge in [0.05, 0.1) is 6.10 Å². The molecule has 8 heteroatoms. The van der Waals surface area contributed by atoms with Crippen molar-refractivity contribution >= 4 is 17.9 Å². The van der Waals surface area contributed by atoms with E-state index in [9.17, 15) is 14.4 Å². The second-order valence-corrected chi connectivity index (χ2v) is 17.8. The molecule has 0 aromatic rings. The number of rotatable bonds is 48. The van der Waals surface area contributed by atoms with Gasteiger partial charge in [-0.3, -0.25) is 14.8 Å². The van der Waals surface area contributed by atoms with E-state index in [0.717, 1.165) is 128 Å². The van der Waals surface area contributed by atoms with Crippen LogP contribution in [0.25, 0.3) is 0 Å². The van der Waals surface area contributed by atoms with Gasteiger partial charge in [0.25, 0.3) is 0 Å². The fourth-order valence-electron chi connectivity index (χ4n) is 7.25. The molecule has 8 nitrogen and oxygen atoms in total. The molecule has 0 aliphatic rings. The summed E-state index contributed by atoms with van der Waals surface area (Å²) in [6.07, 6.45) is 65.8. The summed E-state index contributed by atoms with van der Waals surface area (Å²) in [5.41, 5.74) is 0. The van der Waals surface area contributed by atoms with E-state index in [4.69, 9.17) is 19.5 Å². The quantitative estimate of drug-likeness (QED) is 0.00939. The Hall–Kier alpha value is -3.75. The van der Waals surface area contributed by atoms with Crippen LogP contribution in [0.4, 0.5) is 0 Å². The first kappa shape index (κ1) is 63.2. The third-order valence-electron chi connectivity index (χ3n) is 11.4. The Kier molecular flexibility index (Phi) is 50.2. The molecule has 1 N–H and O–H groups in total. The number of carbonyl (C=O) groups excluding carboxylic acids is 3. The SMILES string of the molecule is CCCCC/C=C\C/C=C\CCCCCCCC(=O)OCC(COC(=O)CCCCCCC/C=C\C/C=C\CCCCC)OC(=O)C=CC=CC=CC=CCCCCC(CCCCCC)OO. The monoisotopic (exact) mass is 935 g/mol. The van der Waals surface area contributed by atoms with Gasteiger partial charge in [-0.15, -0.1) is 0 Å². The van der Waals surface area contributed by atoms with Crippen molar-refractivity contribution in [3.63, 3.8) is 0 Å². The number of carbonyl (C=O) groups is 3. The van der Waals surface area contributed by atoms with Crippen LogP contribution in [-0.2, 0) is 33.5 Å². The number of ether oxygens (including phenoxy) is 3. The van der Waals surface area contributed by atoms with Crippen LogP contribution in [0.1, 0.15) is 233 Å². The van der Waals surface area contributed by atoms with Gasteiger partial charge in [-0.25, -0.2) is 9.68 Å². The van der Waals surface area contributed by atoms with Crippen LogP contribution in [0.3, 0.4) is 0 Å². The highest BCUT2D eigenvalue weighted by molar-refractivity contribution is 5.82. The molecule has 0 aliphatic heterocycles. The lowest BCUT2D eigenvalue weighted by molar-refractivity contribution is -0.281. The number of allylic oxidation sites excluding steroid dienone is 15. The summed E-state index contributed by atoms with van der Waals surface area (Å²) in [5.74, 6) is -1.30. The van der Waals surface area contributed by atoms with Gasteiger partial charge in [0, 0.05) is 18.9 Å². The summed E-state index contributed by atoms with van der Waals surface area (Å²) in [5, 5.41) is 9.16. The van der Waals surface area contributed by atoms with E-state index in [1.165, 1.54) is 76.7 Å². The van der Waals surface area contributed by atoms with Crippen LogP contribution in [-0.4, -0.2) is 48.6 Å². The lowest BCUT2D eigenvalue weighted by Crippen LogP contribution is -2.30. The van der Waals surface area contributed by atoms with E-state index in [-0.39, 0.29) is 31.3 Å². The summed E-state index contributed by atoms with van der Waals surface area (Å²) < 4.78 is 16.6. The van der Waals surface area contributed by atoms with Crippen molar-refractivity contribution in [3.8, 4) is 0 Å². The predicted molar refractivity (Wildman–Crippen MR) is 282 cm³/mol. The Balaban J connectivity index is 4.68. The van der Waals surface area contributed by atoms with Gasteiger partial charge in [-0.2, -0.15) is 0 Å². The average Bonchev–Trinajstić information content (AvgIpc) is 3.33. The molecule has 0 aromatic heterocycles. The van der Waals surface area contributed by atoms with Crippen molar-refractivity contribution < 1.29 is 38.7 Å². The Bertz CT molecular complexity index is 1310. The van der Waals surface area contributed by atoms with Crippen LogP contribution in [0.2, 0.25) is 0 Å². The Morgan fingerprint density at radius 3 is 1.27 bits per heavy atom. The molecule has 0 rings (SSSR count). The maximum atomic E-state index is 12.7. The molecule has 382 valence electrons. The van der Waals surface area contributed by atoms with Gasteiger partial charge >= 0.3 is 17.9 Å². The van der Waals surface area contributed by atoms with Gasteiger partial charge in [0.15, 0.2) is 6.10 Å². The van der Waals surface area contributed by atoms with Gasteiger partial charge < -0.3 is 14.2 Å². The number of unbranched alkanes of at least 4 members (excludes halogenated alkanes) is 21. The standard InChI is InChI=1S/C59H98O8/c1-4-7-10-13-15-17-19-21-23-25-27-32-36-40-45-50-57(60)64-53-56(54-65-58(61)51-46-41-37-33-28-26-24-22-20-18-16-14-11-8-5-2)66-59(62)52-47-42-38-34-30-29-31-35-39-44-49-55(67-63)48-43-12-9-6-3/h15-18,21-24,29-31,34,38,42,47,52,55-56,63H,4-14,19-20,25-28,32-33,35-37,39-41,43-46,48-51,53-54H2,1-3H3/b17-15-,18-16-,23-21-,24-22-,31-29?,34-30?,42-38?,52-47?. The largest absolute Gasteiger partial charge is 0.462 e. The zero-order chi connectivity index (χ0) is 48.8. The molecule has 0 amide bonds. The van der Waals surface area contributed by atoms with Crippen molar-refractivity contribution in [1.29, 1.82) is 0 Å². The lowest BCUT2D eigenvalue weighted by Gasteiger charge is -2.17. The molecule has 67 heavy (non-hydrogen) atoms. The highest BCUT2D eigenvalue weighted by atomic mass is 17.1. The summed E-state index contributed by atoms with van der Waals surface area (Å²) in [6, 6.07) is 0. The molecule has 0 bridgehead atoms. The Morgan fingerprint density at radius 2 is 0.776 bits per heavy atom. The molecule has 1 atom stereocenters. The number of hydrogen-bond donors (Lipinski definition) is 1. The summed E-state index contributed by atoms with van der Waals surface area (Å²) >= 11 is 0. The van der Waals surface area contributed by atoms with Crippen LogP contribution < -0.4 is 0 Å². The van der Waals surface area contributed by atoms with E-state index in [0.29, 0.717) is 12.8 Å². The first-order valence-corrected chi connectivity index (χ1v) is 27.0. The second kappa shape index (κ2) is 53.2. The highest BCUT2D eigenvalue weighted by Gasteiger charge is 2.18. The third kappa shape index (κ3) is 50.0. The Labute approximate surface area is 410 Å². The van der Waals surface area contributed by atoms with Crippen molar-refractivity contribution in [3.05, 3.63) is 97.2 Å². The van der Waals surface area contributed by atoms with E-state index >= 15 is 0 Å². The van der Waals surface area contributed by atoms with Crippen molar-refractivity contribution in [2.75, 3.05) is 13.2 Å². The smallest absolute Gasteiger partial charge is 0.331 e. The molecule has 1 unspecified atom stereocenters. The summed E-state index contributed by atoms with van der Waals surface area (Å²) in [6.45, 7) is 6.31. The maximum absolute atomic E-state index is 12.7. The maximum Gasteiger partial charge on any atom is 0.331 e. The minimum atomic E-state index is -0.902. The Morgan fingerprint density at radius 1 is 0.403 bits per heavy atom. The predicted octanol–water partition coefficient (Wildman–Crippen LogP) is 17.2. The minimum absolute atomic E-state index is 0.0659. The van der Waals surface area contributed by atoms with E-state index in [1.54, 1.807) is 12.2 Å². The average molecular weight is 935 g/mol. The van der Waals surface area contributed by atoms with Crippen molar-refractivity contribution in [2.45, 2.75) is 245 Å². The molecule has 0 fully saturated rings. The van der Waals surface area contributed by atoms with Gasteiger partial charge in [-0.1, -0.05) is 208 Å². The molecule has 0 aromatic carbocycles. The first-order chi connectivity index (χ1) is 33.0. The molecule has 0 spiro atoms. The first-order valence-electron chi connectivity index (χ1n) is 27.0. The number of esters is 3. The van der Waals surface area contributed by atoms with Crippen molar-refractivity contribution in [2.24, 2.45) is 0 Å². The molecular formula is C59H98O8. The third-order valence-corrected chi connectivity index (χ3v) is 11.4. The highest BCUT2D eigenvalue weighted by Crippen LogP contribution is 2.15. The topological polar surface area (TPSA) is 108 Å². The fraction of sp³-hybridized carbons (Fsp3) is 0.678. The van der Waals surface area contributed by atoms with Crippen LogP contribution >= 0.6 is 0 Å². The lowest BCUT2D eigenvalue weighted by atomic mass is 10.0. The molecular weight excluding hydrogens is 837 g/mol. The van der Waals surface area contributed by atoms with Crippen LogP contribution in [0.5, 0.6) is 0 Å². The van der Waals surface area contributed by atoms with Crippen LogP contribution in [0, 0.1) is 0 Å². The molecule has 0 saturated carbocycles. The molecule has 0 heterocycles. The van der Waals surface area contributed by atoms with Crippen LogP contribution in [0.15, 0.2) is 97.2 Å². The minimum Gasteiger partial charge on any atom is -0.462 e. The van der Waals surface area contributed by atoms with E-state index in [1.807, 2.05) is 24.3 Å².